The molecule has 0 radical (unpaired) electrons. The molecule has 0 bridgehead atoms. The molecule has 5 heteroatoms. The van der Waals surface area contributed by atoms with E-state index in [9.17, 15) is 5.11 Å². The van der Waals surface area contributed by atoms with Crippen molar-refractivity contribution in [2.24, 2.45) is 7.05 Å². The number of halogens is 1. The van der Waals surface area contributed by atoms with Crippen molar-refractivity contribution in [3.8, 4) is 0 Å². The van der Waals surface area contributed by atoms with Crippen molar-refractivity contribution in [2.45, 2.75) is 58.7 Å². The van der Waals surface area contributed by atoms with Gasteiger partial charge in [-0.3, -0.25) is 4.68 Å². The van der Waals surface area contributed by atoms with Gasteiger partial charge in [0.05, 0.1) is 22.0 Å². The topological polar surface area (TPSA) is 50.1 Å². The summed E-state index contributed by atoms with van der Waals surface area (Å²) in [5, 5.41) is 18.5. The molecule has 1 aromatic rings. The summed E-state index contributed by atoms with van der Waals surface area (Å²) in [6.45, 7) is 10.1. The van der Waals surface area contributed by atoms with Crippen LogP contribution in [0.1, 0.15) is 46.0 Å². The maximum atomic E-state index is 10.1. The highest BCUT2D eigenvalue weighted by Crippen LogP contribution is 2.24. The molecule has 0 aliphatic carbocycles. The molecular formula is C13H24ClN3O. The first-order valence-corrected chi connectivity index (χ1v) is 6.65. The lowest BCUT2D eigenvalue weighted by Crippen LogP contribution is -2.55. The van der Waals surface area contributed by atoms with Gasteiger partial charge >= 0.3 is 0 Å². The molecular weight excluding hydrogens is 250 g/mol. The molecule has 0 saturated heterocycles. The lowest BCUT2D eigenvalue weighted by molar-refractivity contribution is -0.00558. The molecule has 0 unspecified atom stereocenters. The highest BCUT2D eigenvalue weighted by Gasteiger charge is 2.34. The van der Waals surface area contributed by atoms with Gasteiger partial charge in [-0.05, 0) is 34.1 Å². The Kier molecular flexibility index (Phi) is 4.47. The second-order valence-electron chi connectivity index (χ2n) is 5.72. The van der Waals surface area contributed by atoms with Crippen LogP contribution in [0.4, 0.5) is 0 Å². The molecule has 1 aromatic heterocycles. The zero-order valence-corrected chi connectivity index (χ0v) is 12.9. The van der Waals surface area contributed by atoms with Crippen LogP contribution in [0.25, 0.3) is 0 Å². The summed E-state index contributed by atoms with van der Waals surface area (Å²) in [6, 6.07) is 0. The average molecular weight is 274 g/mol. The van der Waals surface area contributed by atoms with Crippen LogP contribution in [0.15, 0.2) is 0 Å². The molecule has 104 valence electrons. The molecule has 0 amide bonds. The number of nitrogens with one attached hydrogen (secondary N) is 1. The smallest absolute Gasteiger partial charge is 0.0863 e. The summed E-state index contributed by atoms with van der Waals surface area (Å²) < 4.78 is 1.80. The summed E-state index contributed by atoms with van der Waals surface area (Å²) in [5.74, 6) is 0. The van der Waals surface area contributed by atoms with Crippen molar-refractivity contribution < 1.29 is 5.11 Å². The number of aryl methyl sites for hydroxylation is 2. The SMILES string of the molecule is CCc1nn(C)c(CNC(C)(C)C(C)(C)O)c1Cl. The minimum Gasteiger partial charge on any atom is -0.389 e. The molecule has 18 heavy (non-hydrogen) atoms. The highest BCUT2D eigenvalue weighted by molar-refractivity contribution is 6.31. The zero-order valence-electron chi connectivity index (χ0n) is 12.1. The average Bonchev–Trinajstić information content (AvgIpc) is 2.50. The fraction of sp³-hybridized carbons (Fsp3) is 0.769. The highest BCUT2D eigenvalue weighted by atomic mass is 35.5. The lowest BCUT2D eigenvalue weighted by atomic mass is 9.86. The molecule has 0 saturated carbocycles. The Morgan fingerprint density at radius 2 is 1.89 bits per heavy atom. The van der Waals surface area contributed by atoms with Gasteiger partial charge < -0.3 is 10.4 Å². The molecule has 0 spiro atoms. The van der Waals surface area contributed by atoms with Crippen LogP contribution in [0.3, 0.4) is 0 Å². The fourth-order valence-corrected chi connectivity index (χ4v) is 1.89. The summed E-state index contributed by atoms with van der Waals surface area (Å²) >= 11 is 6.29. The Morgan fingerprint density at radius 3 is 2.28 bits per heavy atom. The Hall–Kier alpha value is -0.580. The largest absolute Gasteiger partial charge is 0.389 e. The van der Waals surface area contributed by atoms with Crippen LogP contribution in [-0.2, 0) is 20.0 Å². The molecule has 1 heterocycles. The van der Waals surface area contributed by atoms with E-state index in [1.165, 1.54) is 0 Å². The van der Waals surface area contributed by atoms with Crippen molar-refractivity contribution in [1.29, 1.82) is 0 Å². The first kappa shape index (κ1) is 15.5. The van der Waals surface area contributed by atoms with Crippen molar-refractivity contribution in [2.75, 3.05) is 0 Å². The van der Waals surface area contributed by atoms with Gasteiger partial charge in [-0.1, -0.05) is 18.5 Å². The van der Waals surface area contributed by atoms with E-state index < -0.39 is 11.1 Å². The first-order chi connectivity index (χ1) is 8.10. The number of rotatable bonds is 5. The van der Waals surface area contributed by atoms with E-state index in [1.54, 1.807) is 18.5 Å². The van der Waals surface area contributed by atoms with Crippen LogP contribution in [-0.4, -0.2) is 26.0 Å². The zero-order chi connectivity index (χ0) is 14.1. The molecule has 0 aliphatic rings. The summed E-state index contributed by atoms with van der Waals surface area (Å²) in [4.78, 5) is 0. The number of hydrogen-bond donors (Lipinski definition) is 2. The molecule has 0 aliphatic heterocycles. The molecule has 4 nitrogen and oxygen atoms in total. The Labute approximate surface area is 114 Å². The first-order valence-electron chi connectivity index (χ1n) is 6.27. The van der Waals surface area contributed by atoms with Gasteiger partial charge in [0.2, 0.25) is 0 Å². The van der Waals surface area contributed by atoms with Gasteiger partial charge in [0.15, 0.2) is 0 Å². The third-order valence-electron chi connectivity index (χ3n) is 3.73. The van der Waals surface area contributed by atoms with Crippen molar-refractivity contribution in [3.63, 3.8) is 0 Å². The minimum absolute atomic E-state index is 0.410. The van der Waals surface area contributed by atoms with E-state index in [2.05, 4.69) is 10.4 Å². The predicted octanol–water partition coefficient (Wildman–Crippen LogP) is 2.28. The van der Waals surface area contributed by atoms with E-state index in [0.717, 1.165) is 22.8 Å². The number of aromatic nitrogens is 2. The van der Waals surface area contributed by atoms with E-state index in [0.29, 0.717) is 6.54 Å². The predicted molar refractivity (Wildman–Crippen MR) is 74.8 cm³/mol. The maximum Gasteiger partial charge on any atom is 0.0863 e. The lowest BCUT2D eigenvalue weighted by Gasteiger charge is -2.38. The molecule has 0 fully saturated rings. The van der Waals surface area contributed by atoms with Crippen LogP contribution < -0.4 is 5.32 Å². The van der Waals surface area contributed by atoms with Crippen LogP contribution in [0, 0.1) is 0 Å². The summed E-state index contributed by atoms with van der Waals surface area (Å²) in [7, 11) is 1.89. The minimum atomic E-state index is -0.814. The summed E-state index contributed by atoms with van der Waals surface area (Å²) in [6.07, 6.45) is 0.821. The van der Waals surface area contributed by atoms with E-state index in [-0.39, 0.29) is 0 Å². The van der Waals surface area contributed by atoms with Gasteiger partial charge in [0.25, 0.3) is 0 Å². The third-order valence-corrected chi connectivity index (χ3v) is 4.17. The maximum absolute atomic E-state index is 10.1. The van der Waals surface area contributed by atoms with Gasteiger partial charge in [-0.15, -0.1) is 0 Å². The second kappa shape index (κ2) is 5.19. The van der Waals surface area contributed by atoms with Gasteiger partial charge in [0.1, 0.15) is 0 Å². The number of aliphatic hydroxyl groups is 1. The molecule has 2 N–H and O–H groups in total. The van der Waals surface area contributed by atoms with Crippen molar-refractivity contribution in [1.82, 2.24) is 15.1 Å². The van der Waals surface area contributed by atoms with Crippen molar-refractivity contribution >= 4 is 11.6 Å². The molecule has 1 rings (SSSR count). The normalized spacial score (nSPS) is 13.1. The van der Waals surface area contributed by atoms with Crippen LogP contribution in [0.2, 0.25) is 5.02 Å². The van der Waals surface area contributed by atoms with E-state index in [1.807, 2.05) is 27.8 Å². The summed E-state index contributed by atoms with van der Waals surface area (Å²) in [5.41, 5.74) is 0.640. The quantitative estimate of drug-likeness (QED) is 0.865. The standard InChI is InChI=1S/C13H24ClN3O/c1-7-9-11(14)10(17(6)16-9)8-15-12(2,3)13(4,5)18/h15,18H,7-8H2,1-6H3. The van der Waals surface area contributed by atoms with Crippen LogP contribution >= 0.6 is 11.6 Å². The van der Waals surface area contributed by atoms with Crippen molar-refractivity contribution in [3.05, 3.63) is 16.4 Å². The fourth-order valence-electron chi connectivity index (χ4n) is 1.53. The van der Waals surface area contributed by atoms with Gasteiger partial charge in [-0.25, -0.2) is 0 Å². The Balaban J connectivity index is 2.85. The monoisotopic (exact) mass is 273 g/mol. The number of hydrogen-bond acceptors (Lipinski definition) is 3. The van der Waals surface area contributed by atoms with Gasteiger partial charge in [-0.2, -0.15) is 5.10 Å². The van der Waals surface area contributed by atoms with E-state index >= 15 is 0 Å². The van der Waals surface area contributed by atoms with Gasteiger partial charge in [0, 0.05) is 19.1 Å². The number of nitrogens with zero attached hydrogens (tertiary/aromatic N) is 2. The van der Waals surface area contributed by atoms with E-state index in [4.69, 9.17) is 11.6 Å². The molecule has 0 atom stereocenters. The molecule has 0 aromatic carbocycles. The Morgan fingerprint density at radius 1 is 1.33 bits per heavy atom. The second-order valence-corrected chi connectivity index (χ2v) is 6.10. The third kappa shape index (κ3) is 3.05. The van der Waals surface area contributed by atoms with Crippen LogP contribution in [0.5, 0.6) is 0 Å². The Bertz CT molecular complexity index is 419.